The lowest BCUT2D eigenvalue weighted by Crippen LogP contribution is -2.47. The zero-order chi connectivity index (χ0) is 32.5. The Labute approximate surface area is 269 Å². The molecule has 1 aliphatic heterocycles. The van der Waals surface area contributed by atoms with Crippen molar-refractivity contribution in [3.8, 4) is 22.9 Å². The quantitative estimate of drug-likeness (QED) is 0.210. The van der Waals surface area contributed by atoms with Gasteiger partial charge in [-0.25, -0.2) is 28.2 Å². The summed E-state index contributed by atoms with van der Waals surface area (Å²) in [5.41, 5.74) is 2.13. The Kier molecular flexibility index (Phi) is 8.73. The van der Waals surface area contributed by atoms with Gasteiger partial charge in [-0.2, -0.15) is 0 Å². The van der Waals surface area contributed by atoms with Crippen molar-refractivity contribution >= 4 is 38.5 Å². The molecule has 0 unspecified atom stereocenters. The van der Waals surface area contributed by atoms with Gasteiger partial charge in [-0.1, -0.05) is 30.7 Å². The summed E-state index contributed by atoms with van der Waals surface area (Å²) in [5, 5.41) is 4.55. The molecule has 46 heavy (non-hydrogen) atoms. The summed E-state index contributed by atoms with van der Waals surface area (Å²) in [6.45, 7) is 8.66. The lowest BCUT2D eigenvalue weighted by Gasteiger charge is -2.34. The highest BCUT2D eigenvalue weighted by molar-refractivity contribution is 7.93. The molecule has 2 aliphatic rings. The predicted octanol–water partition coefficient (Wildman–Crippen LogP) is 6.90. The van der Waals surface area contributed by atoms with Crippen LogP contribution in [0.25, 0.3) is 22.0 Å². The highest BCUT2D eigenvalue weighted by atomic mass is 32.2. The van der Waals surface area contributed by atoms with Crippen molar-refractivity contribution in [1.29, 1.82) is 0 Å². The van der Waals surface area contributed by atoms with Gasteiger partial charge in [0.25, 0.3) is 0 Å². The summed E-state index contributed by atoms with van der Waals surface area (Å²) in [4.78, 5) is 28.2. The van der Waals surface area contributed by atoms with E-state index in [1.807, 2.05) is 64.1 Å². The molecule has 1 saturated heterocycles. The molecule has 3 heterocycles. The first-order chi connectivity index (χ1) is 22.0. The number of carbonyl (C=O) groups excluding carboxylic acids is 1. The monoisotopic (exact) mass is 644 g/mol. The Morgan fingerprint density at radius 1 is 0.957 bits per heavy atom. The minimum absolute atomic E-state index is 0.0321. The van der Waals surface area contributed by atoms with Crippen LogP contribution in [0.1, 0.15) is 58.4 Å². The summed E-state index contributed by atoms with van der Waals surface area (Å²) in [7, 11) is -3.47. The van der Waals surface area contributed by atoms with Crippen molar-refractivity contribution in [1.82, 2.24) is 19.9 Å². The van der Waals surface area contributed by atoms with Gasteiger partial charge >= 0.3 is 6.09 Å². The molecule has 0 bridgehead atoms. The molecule has 2 aromatic carbocycles. The molecule has 2 N–H and O–H groups in total. The van der Waals surface area contributed by atoms with Crippen LogP contribution in [0.4, 0.5) is 16.4 Å². The number of hydrogen-bond donors (Lipinski definition) is 2. The van der Waals surface area contributed by atoms with E-state index in [4.69, 9.17) is 14.5 Å². The number of sulfonamides is 1. The molecule has 1 saturated carbocycles. The second kappa shape index (κ2) is 12.7. The number of aromatic nitrogens is 3. The molecule has 6 rings (SSSR count). The zero-order valence-corrected chi connectivity index (χ0v) is 27.4. The highest BCUT2D eigenvalue weighted by Crippen LogP contribution is 2.39. The van der Waals surface area contributed by atoms with Gasteiger partial charge in [-0.3, -0.25) is 4.72 Å². The van der Waals surface area contributed by atoms with Gasteiger partial charge in [0.2, 0.25) is 21.9 Å². The van der Waals surface area contributed by atoms with E-state index in [0.29, 0.717) is 60.5 Å². The van der Waals surface area contributed by atoms with Gasteiger partial charge in [0.1, 0.15) is 11.4 Å². The van der Waals surface area contributed by atoms with Crippen LogP contribution in [-0.4, -0.2) is 64.3 Å². The van der Waals surface area contributed by atoms with Gasteiger partial charge < -0.3 is 19.7 Å². The van der Waals surface area contributed by atoms with Gasteiger partial charge in [0.05, 0.1) is 22.2 Å². The number of nitrogens with one attached hydrogen (secondary N) is 2. The van der Waals surface area contributed by atoms with Gasteiger partial charge in [-0.05, 0) is 83.2 Å². The van der Waals surface area contributed by atoms with E-state index in [-0.39, 0.29) is 17.4 Å². The van der Waals surface area contributed by atoms with Crippen molar-refractivity contribution in [2.45, 2.75) is 76.7 Å². The van der Waals surface area contributed by atoms with Crippen molar-refractivity contribution in [2.75, 3.05) is 23.1 Å². The zero-order valence-electron chi connectivity index (χ0n) is 26.6. The first kappa shape index (κ1) is 31.5. The Balaban J connectivity index is 1.24. The first-order valence-corrected chi connectivity index (χ1v) is 17.3. The van der Waals surface area contributed by atoms with E-state index in [1.54, 1.807) is 29.4 Å². The van der Waals surface area contributed by atoms with Crippen LogP contribution in [0.15, 0.2) is 60.9 Å². The molecule has 1 amide bonds. The fourth-order valence-electron chi connectivity index (χ4n) is 5.69. The summed E-state index contributed by atoms with van der Waals surface area (Å²) in [6.07, 6.45) is 7.02. The maximum Gasteiger partial charge on any atom is 0.410 e. The third-order valence-electron chi connectivity index (χ3n) is 8.26. The maximum atomic E-state index is 12.9. The lowest BCUT2D eigenvalue weighted by atomic mass is 10.0. The van der Waals surface area contributed by atoms with E-state index in [1.165, 1.54) is 0 Å². The van der Waals surface area contributed by atoms with Crippen LogP contribution in [0.3, 0.4) is 0 Å². The van der Waals surface area contributed by atoms with Gasteiger partial charge in [-0.15, -0.1) is 0 Å². The fraction of sp³-hybridized carbons (Fsp3) is 0.412. The average molecular weight is 645 g/mol. The van der Waals surface area contributed by atoms with E-state index in [0.717, 1.165) is 35.6 Å². The third-order valence-corrected chi connectivity index (χ3v) is 10.1. The molecule has 4 aromatic rings. The highest BCUT2D eigenvalue weighted by Gasteiger charge is 2.32. The number of fused-ring (bicyclic) bond motifs is 1. The molecule has 12 heteroatoms. The van der Waals surface area contributed by atoms with Gasteiger partial charge in [0, 0.05) is 42.3 Å². The molecule has 1 atom stereocenters. The number of benzene rings is 2. The number of anilines is 2. The summed E-state index contributed by atoms with van der Waals surface area (Å²) in [6, 6.07) is 14.8. The standard InChI is InChI=1S/C34H40N6O5S/c1-22-15-16-25-26(12-6-14-29(25)39-46(42,43)24-10-5-11-24)30(22)44-31-27(13-7-18-35-31)28-17-19-36-32(38-28)37-23-9-8-20-40(21-23)33(41)45-34(2,3)4/h6-7,12-19,23-24,39H,5,8-11,20-21H2,1-4H3,(H,36,37,38)/t23-/m0/s1. The minimum Gasteiger partial charge on any atom is -0.444 e. The van der Waals surface area contributed by atoms with E-state index < -0.39 is 15.6 Å². The molecule has 242 valence electrons. The molecular formula is C34H40N6O5S. The Hall–Kier alpha value is -4.45. The topological polar surface area (TPSA) is 136 Å². The average Bonchev–Trinajstić information content (AvgIpc) is 2.97. The number of rotatable bonds is 8. The van der Waals surface area contributed by atoms with Gasteiger partial charge in [0.15, 0.2) is 0 Å². The van der Waals surface area contributed by atoms with Crippen LogP contribution in [-0.2, 0) is 14.8 Å². The van der Waals surface area contributed by atoms with Crippen LogP contribution in [0.2, 0.25) is 0 Å². The molecule has 1 aliphatic carbocycles. The number of carbonyl (C=O) groups is 1. The van der Waals surface area contributed by atoms with Crippen molar-refractivity contribution in [3.63, 3.8) is 0 Å². The normalized spacial score (nSPS) is 17.3. The Bertz CT molecular complexity index is 1850. The summed E-state index contributed by atoms with van der Waals surface area (Å²) >= 11 is 0. The van der Waals surface area contributed by atoms with Crippen molar-refractivity contribution in [3.05, 3.63) is 66.5 Å². The van der Waals surface area contributed by atoms with Crippen molar-refractivity contribution < 1.29 is 22.7 Å². The molecule has 2 fully saturated rings. The third kappa shape index (κ3) is 7.01. The van der Waals surface area contributed by atoms with Crippen molar-refractivity contribution in [2.24, 2.45) is 0 Å². The number of likely N-dealkylation sites (tertiary alicyclic amines) is 1. The maximum absolute atomic E-state index is 12.9. The second-order valence-corrected chi connectivity index (χ2v) is 14.9. The largest absolute Gasteiger partial charge is 0.444 e. The molecule has 2 aromatic heterocycles. The second-order valence-electron chi connectivity index (χ2n) is 12.9. The summed E-state index contributed by atoms with van der Waals surface area (Å²) in [5.74, 6) is 1.38. The minimum atomic E-state index is -3.47. The van der Waals surface area contributed by atoms with E-state index >= 15 is 0 Å². The van der Waals surface area contributed by atoms with E-state index in [2.05, 4.69) is 20.0 Å². The smallest absolute Gasteiger partial charge is 0.410 e. The number of amides is 1. The Morgan fingerprint density at radius 2 is 1.78 bits per heavy atom. The van der Waals surface area contributed by atoms with Crippen LogP contribution in [0.5, 0.6) is 11.6 Å². The predicted molar refractivity (Wildman–Crippen MR) is 179 cm³/mol. The van der Waals surface area contributed by atoms with Crippen LogP contribution >= 0.6 is 0 Å². The Morgan fingerprint density at radius 3 is 2.54 bits per heavy atom. The van der Waals surface area contributed by atoms with E-state index in [9.17, 15) is 13.2 Å². The lowest BCUT2D eigenvalue weighted by molar-refractivity contribution is 0.0206. The molecule has 0 radical (unpaired) electrons. The van der Waals surface area contributed by atoms with Crippen LogP contribution < -0.4 is 14.8 Å². The molecule has 0 spiro atoms. The number of piperidine rings is 1. The SMILES string of the molecule is Cc1ccc2c(NS(=O)(=O)C3CCC3)cccc2c1Oc1ncccc1-c1ccnc(N[C@H]2CCCN(C(=O)OC(C)(C)C)C2)n1. The number of ether oxygens (including phenoxy) is 2. The summed E-state index contributed by atoms with van der Waals surface area (Å²) < 4.78 is 40.8. The number of aryl methyl sites for hydroxylation is 1. The first-order valence-electron chi connectivity index (χ1n) is 15.7. The number of pyridine rings is 1. The van der Waals surface area contributed by atoms with Crippen LogP contribution in [0, 0.1) is 6.92 Å². The number of hydrogen-bond acceptors (Lipinski definition) is 9. The fourth-order valence-corrected chi connectivity index (χ4v) is 7.30. The molecule has 11 nitrogen and oxygen atoms in total. The molecular weight excluding hydrogens is 604 g/mol. The number of nitrogens with zero attached hydrogens (tertiary/aromatic N) is 4.